The molecule has 0 aromatic rings. The van der Waals surface area contributed by atoms with Crippen molar-refractivity contribution in [3.63, 3.8) is 0 Å². The van der Waals surface area contributed by atoms with Gasteiger partial charge in [-0.15, -0.1) is 0 Å². The molecule has 3 saturated heterocycles. The maximum Gasteiger partial charge on any atom is 0.200 e. The lowest BCUT2D eigenvalue weighted by Gasteiger charge is -2.33. The van der Waals surface area contributed by atoms with Crippen molar-refractivity contribution in [2.75, 3.05) is 13.2 Å². The van der Waals surface area contributed by atoms with Gasteiger partial charge >= 0.3 is 0 Å². The molecule has 144 valence electrons. The van der Waals surface area contributed by atoms with E-state index >= 15 is 0 Å². The van der Waals surface area contributed by atoms with Crippen molar-refractivity contribution in [2.24, 2.45) is 0 Å². The first-order chi connectivity index (χ1) is 12.0. The minimum absolute atomic E-state index is 0.0843. The third-order valence-corrected chi connectivity index (χ3v) is 7.76. The molecule has 0 aromatic carbocycles. The Balaban J connectivity index is 1.85. The average Bonchev–Trinajstić information content (AvgIpc) is 2.95. The highest BCUT2D eigenvalue weighted by Gasteiger charge is 2.48. The zero-order valence-corrected chi connectivity index (χ0v) is 17.7. The van der Waals surface area contributed by atoms with Gasteiger partial charge in [0.2, 0.25) is 0 Å². The minimum atomic E-state index is -3.22. The van der Waals surface area contributed by atoms with Gasteiger partial charge in [0.1, 0.15) is 49.4 Å². The molecule has 0 aromatic heterocycles. The lowest BCUT2D eigenvalue weighted by atomic mass is 10.1. The fourth-order valence-electron chi connectivity index (χ4n) is 3.12. The van der Waals surface area contributed by atoms with Crippen LogP contribution in [0.3, 0.4) is 0 Å². The molecule has 14 heteroatoms. The van der Waals surface area contributed by atoms with Crippen molar-refractivity contribution in [1.29, 1.82) is 0 Å². The fourth-order valence-corrected chi connectivity index (χ4v) is 6.12. The Morgan fingerprint density at radius 1 is 0.808 bits per heavy atom. The Hall–Kier alpha value is 1.11. The van der Waals surface area contributed by atoms with Crippen molar-refractivity contribution >= 4 is 51.5 Å². The molecule has 0 saturated carbocycles. The summed E-state index contributed by atoms with van der Waals surface area (Å²) in [6.07, 6.45) is -12.5. The molecule has 8 nitrogen and oxygen atoms in total. The van der Waals surface area contributed by atoms with E-state index in [-0.39, 0.29) is 13.2 Å². The van der Waals surface area contributed by atoms with Crippen LogP contribution in [0.4, 0.5) is 0 Å². The molecule has 3 fully saturated rings. The molecule has 4 radical (unpaired) electrons. The third-order valence-electron chi connectivity index (χ3n) is 4.52. The Bertz CT molecular complexity index is 578. The van der Waals surface area contributed by atoms with Gasteiger partial charge in [-0.25, -0.2) is 0 Å². The van der Waals surface area contributed by atoms with E-state index in [4.69, 9.17) is 66.3 Å². The number of hydrogen-bond donors (Lipinski definition) is 2. The SMILES string of the molecule is [B]P1(=S)OC[C@H]2O[C@@H](C)C(O)[C@H]2OP([B])(=S)OC[C@H]2O[C@@H](C)C(O)[C@H]2O1. The van der Waals surface area contributed by atoms with Crippen LogP contribution in [0.15, 0.2) is 0 Å². The lowest BCUT2D eigenvalue weighted by molar-refractivity contribution is -0.0257. The molecule has 0 aliphatic carbocycles. The topological polar surface area (TPSA) is 95.8 Å². The third kappa shape index (κ3) is 4.81. The molecule has 4 unspecified atom stereocenters. The molecule has 3 aliphatic heterocycles. The standard InChI is InChI=1S/C12H20B2O8P2S2/c1-5-9(15)11-7(19-5)3-17-24(14,26)22-12-8(20-6(2)10(12)16)4-18-23(13,25)21-11/h5-12,15-16H,3-4H2,1-2H3/t5-,6-,7+,8+,9?,10?,11-,12-,23?,24?/m0/s1. The first-order valence-corrected chi connectivity index (χ1v) is 13.5. The highest BCUT2D eigenvalue weighted by molar-refractivity contribution is 8.21. The van der Waals surface area contributed by atoms with E-state index < -0.39 is 61.6 Å². The quantitative estimate of drug-likeness (QED) is 0.393. The molecular formula is C12H20B2O8P2S2. The zero-order chi connectivity index (χ0) is 19.3. The molecule has 0 bridgehead atoms. The lowest BCUT2D eigenvalue weighted by Crippen LogP contribution is -2.39. The molecule has 3 aliphatic rings. The number of aliphatic hydroxyl groups is 2. The van der Waals surface area contributed by atoms with Crippen LogP contribution in [0, 0.1) is 0 Å². The summed E-state index contributed by atoms with van der Waals surface area (Å²) in [6.45, 7) is 3.20. The summed E-state index contributed by atoms with van der Waals surface area (Å²) in [5.41, 5.74) is 0. The van der Waals surface area contributed by atoms with Crippen molar-refractivity contribution in [2.45, 2.75) is 62.7 Å². The van der Waals surface area contributed by atoms with Crippen molar-refractivity contribution < 1.29 is 37.8 Å². The van der Waals surface area contributed by atoms with E-state index in [1.54, 1.807) is 13.8 Å². The summed E-state index contributed by atoms with van der Waals surface area (Å²) < 4.78 is 33.8. The monoisotopic (exact) mass is 440 g/mol. The van der Waals surface area contributed by atoms with Crippen LogP contribution in [0.2, 0.25) is 0 Å². The predicted octanol–water partition coefficient (Wildman–Crippen LogP) is -0.114. The van der Waals surface area contributed by atoms with Gasteiger partial charge in [-0.05, 0) is 37.5 Å². The molecule has 26 heavy (non-hydrogen) atoms. The van der Waals surface area contributed by atoms with Crippen LogP contribution in [0.25, 0.3) is 0 Å². The van der Waals surface area contributed by atoms with Crippen LogP contribution < -0.4 is 0 Å². The minimum Gasteiger partial charge on any atom is -0.388 e. The van der Waals surface area contributed by atoms with Gasteiger partial charge in [0, 0.05) is 0 Å². The molecule has 3 heterocycles. The van der Waals surface area contributed by atoms with Gasteiger partial charge in [0.05, 0.1) is 25.4 Å². The predicted molar refractivity (Wildman–Crippen MR) is 102 cm³/mol. The van der Waals surface area contributed by atoms with Crippen LogP contribution in [-0.4, -0.2) is 87.4 Å². The average molecular weight is 440 g/mol. The Morgan fingerprint density at radius 3 is 1.50 bits per heavy atom. The van der Waals surface area contributed by atoms with E-state index in [0.29, 0.717) is 0 Å². The normalized spacial score (nSPS) is 56.2. The van der Waals surface area contributed by atoms with E-state index in [1.165, 1.54) is 0 Å². The van der Waals surface area contributed by atoms with Crippen LogP contribution in [-0.2, 0) is 51.2 Å². The number of ether oxygens (including phenoxy) is 2. The first kappa shape index (κ1) is 21.8. The van der Waals surface area contributed by atoms with Gasteiger partial charge in [-0.3, -0.25) is 0 Å². The smallest absolute Gasteiger partial charge is 0.200 e. The zero-order valence-electron chi connectivity index (χ0n) is 14.2. The Labute approximate surface area is 165 Å². The molecule has 0 spiro atoms. The van der Waals surface area contributed by atoms with Crippen molar-refractivity contribution in [3.8, 4) is 0 Å². The maximum atomic E-state index is 10.3. The maximum absolute atomic E-state index is 10.3. The molecule has 10 atom stereocenters. The second-order valence-electron chi connectivity index (χ2n) is 6.55. The second-order valence-corrected chi connectivity index (χ2v) is 12.7. The van der Waals surface area contributed by atoms with Crippen molar-refractivity contribution in [3.05, 3.63) is 0 Å². The summed E-state index contributed by atoms with van der Waals surface area (Å²) in [5.74, 6) is 0. The van der Waals surface area contributed by atoms with Gasteiger partial charge in [0.25, 0.3) is 0 Å². The second kappa shape index (κ2) is 8.09. The first-order valence-electron chi connectivity index (χ1n) is 8.09. The highest BCUT2D eigenvalue weighted by atomic mass is 32.5. The van der Waals surface area contributed by atoms with E-state index in [0.717, 1.165) is 0 Å². The van der Waals surface area contributed by atoms with Crippen molar-refractivity contribution in [1.82, 2.24) is 0 Å². The highest BCUT2D eigenvalue weighted by Crippen LogP contribution is 2.51. The number of rotatable bonds is 0. The van der Waals surface area contributed by atoms with Crippen LogP contribution >= 0.6 is 12.7 Å². The fraction of sp³-hybridized carbons (Fsp3) is 1.00. The van der Waals surface area contributed by atoms with E-state index in [1.807, 2.05) is 0 Å². The van der Waals surface area contributed by atoms with E-state index in [9.17, 15) is 10.2 Å². The molecular weight excluding hydrogens is 420 g/mol. The summed E-state index contributed by atoms with van der Waals surface area (Å²) >= 11 is 10.5. The summed E-state index contributed by atoms with van der Waals surface area (Å²) in [7, 11) is 12.0. The van der Waals surface area contributed by atoms with Gasteiger partial charge in [-0.2, -0.15) is 0 Å². The van der Waals surface area contributed by atoms with Gasteiger partial charge in [0.15, 0.2) is 15.1 Å². The Kier molecular flexibility index (Phi) is 6.79. The summed E-state index contributed by atoms with van der Waals surface area (Å²) in [4.78, 5) is 0. The van der Waals surface area contributed by atoms with Gasteiger partial charge in [-0.1, -0.05) is 0 Å². The Morgan fingerprint density at radius 2 is 1.15 bits per heavy atom. The van der Waals surface area contributed by atoms with Gasteiger partial charge < -0.3 is 37.8 Å². The largest absolute Gasteiger partial charge is 0.388 e. The summed E-state index contributed by atoms with van der Waals surface area (Å²) in [5, 5.41) is 20.6. The molecule has 0 amide bonds. The summed E-state index contributed by atoms with van der Waals surface area (Å²) in [6, 6.07) is 0. The van der Waals surface area contributed by atoms with Crippen LogP contribution in [0.1, 0.15) is 13.8 Å². The number of fused-ring (bicyclic) bond motifs is 2. The molecule has 2 N–H and O–H groups in total. The van der Waals surface area contributed by atoms with Crippen LogP contribution in [0.5, 0.6) is 0 Å². The van der Waals surface area contributed by atoms with E-state index in [2.05, 4.69) is 0 Å². The number of hydrogen-bond acceptors (Lipinski definition) is 10. The number of aliphatic hydroxyl groups excluding tert-OH is 2. The molecule has 3 rings (SSSR count).